The second-order valence-electron chi connectivity index (χ2n) is 5.86. The first-order chi connectivity index (χ1) is 13.2. The summed E-state index contributed by atoms with van der Waals surface area (Å²) in [5.74, 6) is 1.67. The van der Waals surface area contributed by atoms with Crippen LogP contribution in [0.4, 0.5) is 5.69 Å². The molecule has 0 atom stereocenters. The van der Waals surface area contributed by atoms with Gasteiger partial charge in [-0.05, 0) is 48.0 Å². The molecule has 0 spiro atoms. The number of nitrogens with zero attached hydrogens (tertiary/aromatic N) is 1. The molecular weight excluding hydrogens is 366 g/mol. The third-order valence-corrected chi connectivity index (χ3v) is 4.25. The van der Waals surface area contributed by atoms with E-state index in [0.29, 0.717) is 35.4 Å². The summed E-state index contributed by atoms with van der Waals surface area (Å²) in [7, 11) is 0. The first kappa shape index (κ1) is 17.2. The van der Waals surface area contributed by atoms with Gasteiger partial charge >= 0.3 is 0 Å². The minimum absolute atomic E-state index is 0.244. The molecule has 0 unspecified atom stereocenters. The number of hydrogen-bond acceptors (Lipinski definition) is 4. The summed E-state index contributed by atoms with van der Waals surface area (Å²) in [4.78, 5) is 19.4. The zero-order chi connectivity index (χ0) is 18.6. The lowest BCUT2D eigenvalue weighted by atomic mass is 10.1. The van der Waals surface area contributed by atoms with Crippen molar-refractivity contribution < 1.29 is 14.3 Å². The van der Waals surface area contributed by atoms with Gasteiger partial charge in [-0.3, -0.25) is 4.79 Å². The van der Waals surface area contributed by atoms with Crippen molar-refractivity contribution in [3.63, 3.8) is 0 Å². The molecule has 0 saturated carbocycles. The molecule has 0 bridgehead atoms. The topological polar surface area (TPSA) is 76.2 Å². The monoisotopic (exact) mass is 381 g/mol. The minimum atomic E-state index is -0.244. The Morgan fingerprint density at radius 3 is 2.78 bits per heavy atom. The van der Waals surface area contributed by atoms with Crippen molar-refractivity contribution in [3.8, 4) is 22.9 Å². The van der Waals surface area contributed by atoms with E-state index < -0.39 is 0 Å². The van der Waals surface area contributed by atoms with E-state index in [4.69, 9.17) is 21.1 Å². The van der Waals surface area contributed by atoms with Gasteiger partial charge in [-0.1, -0.05) is 11.6 Å². The largest absolute Gasteiger partial charge is 0.486 e. The van der Waals surface area contributed by atoms with Crippen molar-refractivity contribution in [2.75, 3.05) is 18.5 Å². The first-order valence-electron chi connectivity index (χ1n) is 8.37. The molecule has 1 aliphatic rings. The van der Waals surface area contributed by atoms with E-state index in [1.165, 1.54) is 6.08 Å². The van der Waals surface area contributed by atoms with Crippen LogP contribution < -0.4 is 14.8 Å². The number of rotatable bonds is 4. The highest BCUT2D eigenvalue weighted by Crippen LogP contribution is 2.38. The Labute approximate surface area is 160 Å². The molecular formula is C20H16ClN3O3. The molecule has 1 aromatic heterocycles. The van der Waals surface area contributed by atoms with E-state index in [1.807, 2.05) is 24.3 Å². The predicted molar refractivity (Wildman–Crippen MR) is 104 cm³/mol. The fourth-order valence-electron chi connectivity index (χ4n) is 2.72. The summed E-state index contributed by atoms with van der Waals surface area (Å²) in [6.45, 7) is 0.952. The molecule has 27 heavy (non-hydrogen) atoms. The van der Waals surface area contributed by atoms with Crippen molar-refractivity contribution in [1.29, 1.82) is 0 Å². The Morgan fingerprint density at radius 1 is 1.19 bits per heavy atom. The van der Waals surface area contributed by atoms with Crippen LogP contribution in [-0.2, 0) is 4.79 Å². The lowest BCUT2D eigenvalue weighted by molar-refractivity contribution is -0.111. The molecule has 6 nitrogen and oxygen atoms in total. The second-order valence-corrected chi connectivity index (χ2v) is 6.27. The SMILES string of the molecule is O=C(/C=C/c1cc(Cl)c2c(c1)OCCO2)Nc1ccc(-c2ncc[nH]2)cc1. The summed E-state index contributed by atoms with van der Waals surface area (Å²) in [5.41, 5.74) is 2.40. The van der Waals surface area contributed by atoms with Crippen molar-refractivity contribution in [1.82, 2.24) is 9.97 Å². The van der Waals surface area contributed by atoms with Gasteiger partial charge in [0.2, 0.25) is 5.91 Å². The number of nitrogens with one attached hydrogen (secondary N) is 2. The average Bonchev–Trinajstić information content (AvgIpc) is 3.22. The third-order valence-electron chi connectivity index (χ3n) is 3.97. The van der Waals surface area contributed by atoms with Crippen LogP contribution in [0.25, 0.3) is 17.5 Å². The van der Waals surface area contributed by atoms with Gasteiger partial charge in [0.15, 0.2) is 11.5 Å². The molecule has 136 valence electrons. The molecule has 0 radical (unpaired) electrons. The number of amides is 1. The summed E-state index contributed by atoms with van der Waals surface area (Å²) in [5, 5.41) is 3.28. The molecule has 0 saturated heterocycles. The van der Waals surface area contributed by atoms with Gasteiger partial charge in [0.05, 0.1) is 5.02 Å². The van der Waals surface area contributed by atoms with Gasteiger partial charge in [-0.25, -0.2) is 4.98 Å². The molecule has 4 rings (SSSR count). The molecule has 1 aliphatic heterocycles. The summed E-state index contributed by atoms with van der Waals surface area (Å²) < 4.78 is 11.0. The molecule has 3 aromatic rings. The number of anilines is 1. The Kier molecular flexibility index (Phi) is 4.80. The van der Waals surface area contributed by atoms with Gasteiger partial charge in [0.1, 0.15) is 19.0 Å². The van der Waals surface area contributed by atoms with Crippen molar-refractivity contribution in [2.45, 2.75) is 0 Å². The Bertz CT molecular complexity index is 982. The fourth-order valence-corrected chi connectivity index (χ4v) is 2.99. The number of hydrogen-bond donors (Lipinski definition) is 2. The van der Waals surface area contributed by atoms with E-state index in [2.05, 4.69) is 15.3 Å². The van der Waals surface area contributed by atoms with Crippen LogP contribution in [0.5, 0.6) is 11.5 Å². The zero-order valence-corrected chi connectivity index (χ0v) is 15.0. The summed E-state index contributed by atoms with van der Waals surface area (Å²) >= 11 is 6.20. The fraction of sp³-hybridized carbons (Fsp3) is 0.100. The second kappa shape index (κ2) is 7.55. The first-order valence-corrected chi connectivity index (χ1v) is 8.75. The highest BCUT2D eigenvalue weighted by molar-refractivity contribution is 6.32. The summed E-state index contributed by atoms with van der Waals surface area (Å²) in [6.07, 6.45) is 6.58. The number of aromatic amines is 1. The molecule has 2 N–H and O–H groups in total. The van der Waals surface area contributed by atoms with E-state index in [9.17, 15) is 4.79 Å². The van der Waals surface area contributed by atoms with Crippen molar-refractivity contribution in [2.24, 2.45) is 0 Å². The zero-order valence-electron chi connectivity index (χ0n) is 14.2. The van der Waals surface area contributed by atoms with Gasteiger partial charge in [0.25, 0.3) is 0 Å². The standard InChI is InChI=1S/C20H16ClN3O3/c21-16-11-13(12-17-19(16)27-10-9-26-17)1-6-18(25)24-15-4-2-14(3-5-15)20-22-7-8-23-20/h1-8,11-12H,9-10H2,(H,22,23)(H,24,25)/b6-1+. The average molecular weight is 382 g/mol. The van der Waals surface area contributed by atoms with Gasteiger partial charge < -0.3 is 19.8 Å². The number of ether oxygens (including phenoxy) is 2. The van der Waals surface area contributed by atoms with E-state index in [1.54, 1.807) is 30.6 Å². The third kappa shape index (κ3) is 3.96. The quantitative estimate of drug-likeness (QED) is 0.665. The smallest absolute Gasteiger partial charge is 0.248 e. The highest BCUT2D eigenvalue weighted by Gasteiger charge is 2.16. The van der Waals surface area contributed by atoms with Gasteiger partial charge in [-0.15, -0.1) is 0 Å². The Morgan fingerprint density at radius 2 is 2.00 bits per heavy atom. The number of benzene rings is 2. The molecule has 0 aliphatic carbocycles. The molecule has 0 fully saturated rings. The summed E-state index contributed by atoms with van der Waals surface area (Å²) in [6, 6.07) is 11.0. The lowest BCUT2D eigenvalue weighted by Gasteiger charge is -2.19. The number of imidazole rings is 1. The number of fused-ring (bicyclic) bond motifs is 1. The van der Waals surface area contributed by atoms with Crippen LogP contribution in [0.2, 0.25) is 5.02 Å². The van der Waals surface area contributed by atoms with Crippen LogP contribution in [0.1, 0.15) is 5.56 Å². The predicted octanol–water partition coefficient (Wildman–Crippen LogP) is 4.15. The van der Waals surface area contributed by atoms with Crippen LogP contribution in [0.3, 0.4) is 0 Å². The molecule has 1 amide bonds. The van der Waals surface area contributed by atoms with Crippen molar-refractivity contribution in [3.05, 3.63) is 65.5 Å². The van der Waals surface area contributed by atoms with Gasteiger partial charge in [0, 0.05) is 29.7 Å². The Hall–Kier alpha value is -3.25. The Balaban J connectivity index is 1.42. The number of halogens is 1. The van der Waals surface area contributed by atoms with Crippen LogP contribution in [0.15, 0.2) is 54.9 Å². The highest BCUT2D eigenvalue weighted by atomic mass is 35.5. The lowest BCUT2D eigenvalue weighted by Crippen LogP contribution is -2.15. The van der Waals surface area contributed by atoms with Crippen LogP contribution in [0, 0.1) is 0 Å². The number of H-pyrrole nitrogens is 1. The van der Waals surface area contributed by atoms with Crippen LogP contribution >= 0.6 is 11.6 Å². The van der Waals surface area contributed by atoms with E-state index >= 15 is 0 Å². The van der Waals surface area contributed by atoms with E-state index in [-0.39, 0.29) is 5.91 Å². The number of carbonyl (C=O) groups excluding carboxylic acids is 1. The maximum Gasteiger partial charge on any atom is 0.248 e. The van der Waals surface area contributed by atoms with Crippen LogP contribution in [-0.4, -0.2) is 29.1 Å². The number of aromatic nitrogens is 2. The van der Waals surface area contributed by atoms with Gasteiger partial charge in [-0.2, -0.15) is 0 Å². The molecule has 7 heteroatoms. The molecule has 2 aromatic carbocycles. The minimum Gasteiger partial charge on any atom is -0.486 e. The van der Waals surface area contributed by atoms with E-state index in [0.717, 1.165) is 17.0 Å². The normalized spacial score (nSPS) is 12.9. The molecule has 2 heterocycles. The maximum atomic E-state index is 12.2. The maximum absolute atomic E-state index is 12.2. The number of carbonyl (C=O) groups is 1. The van der Waals surface area contributed by atoms with Crippen molar-refractivity contribution >= 4 is 29.3 Å².